The first-order valence-electron chi connectivity index (χ1n) is 6.59. The molecule has 1 N–H and O–H groups in total. The lowest BCUT2D eigenvalue weighted by atomic mass is 10.0. The summed E-state index contributed by atoms with van der Waals surface area (Å²) in [7, 11) is 1.98. The maximum absolute atomic E-state index is 5.64. The lowest BCUT2D eigenvalue weighted by Crippen LogP contribution is -2.22. The summed E-state index contributed by atoms with van der Waals surface area (Å²) in [5.74, 6) is 0. The van der Waals surface area contributed by atoms with Crippen LogP contribution in [0.2, 0.25) is 0 Å². The summed E-state index contributed by atoms with van der Waals surface area (Å²) >= 11 is 0. The van der Waals surface area contributed by atoms with E-state index in [1.54, 1.807) is 0 Å². The van der Waals surface area contributed by atoms with Crippen molar-refractivity contribution in [2.24, 2.45) is 0 Å². The predicted molar refractivity (Wildman–Crippen MR) is 76.9 cm³/mol. The highest BCUT2D eigenvalue weighted by Gasteiger charge is 2.09. The fraction of sp³-hybridized carbons (Fsp3) is 0.375. The van der Waals surface area contributed by atoms with Gasteiger partial charge in [-0.2, -0.15) is 0 Å². The average molecular weight is 243 g/mol. The van der Waals surface area contributed by atoms with Crippen LogP contribution in [0.1, 0.15) is 24.9 Å². The fourth-order valence-electron chi connectivity index (χ4n) is 2.12. The van der Waals surface area contributed by atoms with Gasteiger partial charge in [-0.05, 0) is 35.9 Å². The van der Waals surface area contributed by atoms with E-state index in [-0.39, 0.29) is 6.04 Å². The van der Waals surface area contributed by atoms with Crippen LogP contribution in [0.5, 0.6) is 0 Å². The van der Waals surface area contributed by atoms with Crippen LogP contribution >= 0.6 is 0 Å². The van der Waals surface area contributed by atoms with Gasteiger partial charge < -0.3 is 10.1 Å². The maximum atomic E-state index is 5.64. The Bertz CT molecular complexity index is 495. The Hall–Kier alpha value is -1.38. The first-order chi connectivity index (χ1) is 8.85. The molecule has 1 atom stereocenters. The summed E-state index contributed by atoms with van der Waals surface area (Å²) in [4.78, 5) is 0. The Morgan fingerprint density at radius 2 is 1.89 bits per heavy atom. The summed E-state index contributed by atoms with van der Waals surface area (Å²) in [5, 5.41) is 5.88. The van der Waals surface area contributed by atoms with Crippen molar-refractivity contribution in [3.63, 3.8) is 0 Å². The number of hydrogen-bond donors (Lipinski definition) is 1. The molecule has 0 aromatic heterocycles. The smallest absolute Gasteiger partial charge is 0.0661 e. The second-order valence-corrected chi connectivity index (χ2v) is 4.52. The minimum absolute atomic E-state index is 0.265. The van der Waals surface area contributed by atoms with E-state index in [4.69, 9.17) is 4.74 Å². The number of rotatable bonds is 6. The predicted octanol–water partition coefficient (Wildman–Crippen LogP) is 3.53. The van der Waals surface area contributed by atoms with Crippen molar-refractivity contribution < 1.29 is 4.74 Å². The van der Waals surface area contributed by atoms with Crippen LogP contribution in [0.25, 0.3) is 10.8 Å². The van der Waals surface area contributed by atoms with Crippen LogP contribution in [-0.4, -0.2) is 20.3 Å². The molecule has 18 heavy (non-hydrogen) atoms. The van der Waals surface area contributed by atoms with Gasteiger partial charge >= 0.3 is 0 Å². The summed E-state index contributed by atoms with van der Waals surface area (Å²) in [6, 6.07) is 15.3. The molecular formula is C16H21NO. The third kappa shape index (κ3) is 3.09. The Balaban J connectivity index is 2.17. The van der Waals surface area contributed by atoms with E-state index in [0.29, 0.717) is 0 Å². The second-order valence-electron chi connectivity index (χ2n) is 4.52. The molecule has 0 saturated carbocycles. The first kappa shape index (κ1) is 13.1. The van der Waals surface area contributed by atoms with Crippen LogP contribution < -0.4 is 5.32 Å². The monoisotopic (exact) mass is 243 g/mol. The van der Waals surface area contributed by atoms with Gasteiger partial charge in [-0.1, -0.05) is 43.3 Å². The zero-order chi connectivity index (χ0) is 12.8. The molecule has 2 aromatic rings. The highest BCUT2D eigenvalue weighted by molar-refractivity contribution is 5.83. The van der Waals surface area contributed by atoms with E-state index in [9.17, 15) is 0 Å². The fourth-order valence-corrected chi connectivity index (χ4v) is 2.12. The van der Waals surface area contributed by atoms with Gasteiger partial charge in [-0.25, -0.2) is 0 Å². The van der Waals surface area contributed by atoms with Gasteiger partial charge in [0.1, 0.15) is 0 Å². The summed E-state index contributed by atoms with van der Waals surface area (Å²) in [6.07, 6.45) is 1.06. The van der Waals surface area contributed by atoms with Gasteiger partial charge in [-0.15, -0.1) is 0 Å². The molecule has 2 heteroatoms. The van der Waals surface area contributed by atoms with Crippen LogP contribution in [0, 0.1) is 0 Å². The van der Waals surface area contributed by atoms with Gasteiger partial charge in [0.15, 0.2) is 0 Å². The van der Waals surface area contributed by atoms with Gasteiger partial charge in [0.25, 0.3) is 0 Å². The molecule has 96 valence electrons. The third-order valence-corrected chi connectivity index (χ3v) is 3.16. The minimum Gasteiger partial charge on any atom is -0.379 e. The molecular weight excluding hydrogens is 222 g/mol. The van der Waals surface area contributed by atoms with Gasteiger partial charge in [0, 0.05) is 6.61 Å². The van der Waals surface area contributed by atoms with E-state index >= 15 is 0 Å². The zero-order valence-electron chi connectivity index (χ0n) is 11.1. The molecule has 0 heterocycles. The summed E-state index contributed by atoms with van der Waals surface area (Å²) in [5.41, 5.74) is 1.28. The number of fused-ring (bicyclic) bond motifs is 1. The van der Waals surface area contributed by atoms with Crippen LogP contribution in [-0.2, 0) is 4.74 Å². The maximum Gasteiger partial charge on any atom is 0.0661 e. The lowest BCUT2D eigenvalue weighted by molar-refractivity contribution is 0.114. The van der Waals surface area contributed by atoms with Crippen molar-refractivity contribution in [3.8, 4) is 0 Å². The number of benzene rings is 2. The summed E-state index contributed by atoms with van der Waals surface area (Å²) < 4.78 is 5.64. The lowest BCUT2D eigenvalue weighted by Gasteiger charge is -2.17. The van der Waals surface area contributed by atoms with Gasteiger partial charge in [0.2, 0.25) is 0 Å². The largest absolute Gasteiger partial charge is 0.379 e. The Morgan fingerprint density at radius 3 is 2.61 bits per heavy atom. The second kappa shape index (κ2) is 6.53. The molecule has 2 aromatic carbocycles. The molecule has 0 radical (unpaired) electrons. The van der Waals surface area contributed by atoms with E-state index in [1.165, 1.54) is 16.3 Å². The molecule has 2 rings (SSSR count). The molecule has 0 bridgehead atoms. The van der Waals surface area contributed by atoms with Crippen molar-refractivity contribution in [1.82, 2.24) is 5.32 Å². The zero-order valence-corrected chi connectivity index (χ0v) is 11.1. The quantitative estimate of drug-likeness (QED) is 0.784. The number of likely N-dealkylation sites (N-methyl/N-ethyl adjacent to an activating group) is 1. The molecule has 0 spiro atoms. The van der Waals surface area contributed by atoms with E-state index in [0.717, 1.165) is 19.6 Å². The molecule has 2 nitrogen and oxygen atoms in total. The normalized spacial score (nSPS) is 12.8. The average Bonchev–Trinajstić information content (AvgIpc) is 2.43. The van der Waals surface area contributed by atoms with Gasteiger partial charge in [0.05, 0.1) is 12.6 Å². The number of ether oxygens (including phenoxy) is 1. The first-order valence-corrected chi connectivity index (χ1v) is 6.59. The third-order valence-electron chi connectivity index (χ3n) is 3.16. The minimum atomic E-state index is 0.265. The SMILES string of the molecule is CCCOCC(NC)c1ccc2ccccc2c1. The summed E-state index contributed by atoms with van der Waals surface area (Å²) in [6.45, 7) is 3.68. The Kier molecular flexibility index (Phi) is 4.73. The van der Waals surface area contributed by atoms with Crippen molar-refractivity contribution in [2.75, 3.05) is 20.3 Å². The molecule has 0 aliphatic carbocycles. The van der Waals surface area contributed by atoms with E-state index in [2.05, 4.69) is 54.7 Å². The Labute approximate surface area is 109 Å². The van der Waals surface area contributed by atoms with Crippen LogP contribution in [0.15, 0.2) is 42.5 Å². The highest BCUT2D eigenvalue weighted by atomic mass is 16.5. The standard InChI is InChI=1S/C16H21NO/c1-3-10-18-12-16(17-2)15-9-8-13-6-4-5-7-14(13)11-15/h4-9,11,16-17H,3,10,12H2,1-2H3. The van der Waals surface area contributed by atoms with Crippen molar-refractivity contribution in [1.29, 1.82) is 0 Å². The van der Waals surface area contributed by atoms with E-state index in [1.807, 2.05) is 7.05 Å². The van der Waals surface area contributed by atoms with Gasteiger partial charge in [-0.3, -0.25) is 0 Å². The molecule has 0 fully saturated rings. The molecule has 0 amide bonds. The molecule has 0 saturated heterocycles. The highest BCUT2D eigenvalue weighted by Crippen LogP contribution is 2.20. The van der Waals surface area contributed by atoms with Crippen LogP contribution in [0.3, 0.4) is 0 Å². The van der Waals surface area contributed by atoms with Crippen molar-refractivity contribution >= 4 is 10.8 Å². The number of nitrogens with one attached hydrogen (secondary N) is 1. The molecule has 0 aliphatic rings. The van der Waals surface area contributed by atoms with Crippen molar-refractivity contribution in [2.45, 2.75) is 19.4 Å². The Morgan fingerprint density at radius 1 is 1.11 bits per heavy atom. The number of hydrogen-bond acceptors (Lipinski definition) is 2. The molecule has 1 unspecified atom stereocenters. The van der Waals surface area contributed by atoms with Crippen LogP contribution in [0.4, 0.5) is 0 Å². The van der Waals surface area contributed by atoms with E-state index < -0.39 is 0 Å². The molecule has 0 aliphatic heterocycles. The van der Waals surface area contributed by atoms with Crippen molar-refractivity contribution in [3.05, 3.63) is 48.0 Å². The topological polar surface area (TPSA) is 21.3 Å².